The number of benzene rings is 2. The maximum absolute atomic E-state index is 12.4. The molecule has 0 spiro atoms. The van der Waals surface area contributed by atoms with Gasteiger partial charge in [0.2, 0.25) is 11.8 Å². The van der Waals surface area contributed by atoms with Crippen molar-refractivity contribution in [2.24, 2.45) is 0 Å². The van der Waals surface area contributed by atoms with Crippen LogP contribution in [0.4, 0.5) is 11.4 Å². The molecule has 0 saturated heterocycles. The number of hydrogen-bond donors (Lipinski definition) is 1. The van der Waals surface area contributed by atoms with Gasteiger partial charge in [0.25, 0.3) is 0 Å². The average molecular weight is 379 g/mol. The highest BCUT2D eigenvalue weighted by Crippen LogP contribution is 2.28. The molecule has 1 N–H and O–H groups in total. The molecule has 0 saturated carbocycles. The van der Waals surface area contributed by atoms with Crippen LogP contribution < -0.4 is 10.2 Å². The predicted molar refractivity (Wildman–Crippen MR) is 104 cm³/mol. The molecule has 2 rings (SSSR count). The van der Waals surface area contributed by atoms with E-state index in [0.29, 0.717) is 15.7 Å². The molecular formula is C19H20Cl2N2O2. The van der Waals surface area contributed by atoms with Crippen LogP contribution in [0.1, 0.15) is 23.6 Å². The van der Waals surface area contributed by atoms with Crippen molar-refractivity contribution >= 4 is 46.4 Å². The van der Waals surface area contributed by atoms with Crippen LogP contribution in [0.5, 0.6) is 0 Å². The minimum Gasteiger partial charge on any atom is -0.323 e. The van der Waals surface area contributed by atoms with Gasteiger partial charge in [0, 0.05) is 11.9 Å². The number of hydrogen-bond acceptors (Lipinski definition) is 2. The standard InChI is InChI=1S/C19H20Cl2N2O2/c1-11-7-12(2)19(13(3)8-11)23(14(4)24)10-18(25)22-17-6-5-15(20)9-16(17)21/h5-9H,10H2,1-4H3,(H,22,25). The van der Waals surface area contributed by atoms with E-state index in [1.807, 2.05) is 32.9 Å². The number of anilines is 2. The van der Waals surface area contributed by atoms with E-state index in [-0.39, 0.29) is 18.4 Å². The molecule has 25 heavy (non-hydrogen) atoms. The second kappa shape index (κ2) is 7.89. The Morgan fingerprint density at radius 3 is 2.16 bits per heavy atom. The summed E-state index contributed by atoms with van der Waals surface area (Å²) in [4.78, 5) is 26.0. The van der Waals surface area contributed by atoms with Gasteiger partial charge in [-0.1, -0.05) is 40.9 Å². The van der Waals surface area contributed by atoms with E-state index in [9.17, 15) is 9.59 Å². The average Bonchev–Trinajstić information content (AvgIpc) is 2.48. The zero-order valence-corrected chi connectivity index (χ0v) is 16.1. The van der Waals surface area contributed by atoms with Crippen LogP contribution in [-0.4, -0.2) is 18.4 Å². The fourth-order valence-electron chi connectivity index (χ4n) is 2.87. The second-order valence-electron chi connectivity index (χ2n) is 6.02. The molecule has 2 amide bonds. The molecule has 0 unspecified atom stereocenters. The molecule has 0 aliphatic heterocycles. The van der Waals surface area contributed by atoms with E-state index in [0.717, 1.165) is 22.4 Å². The van der Waals surface area contributed by atoms with Crippen LogP contribution in [0, 0.1) is 20.8 Å². The lowest BCUT2D eigenvalue weighted by Crippen LogP contribution is -2.37. The Kier molecular flexibility index (Phi) is 6.09. The van der Waals surface area contributed by atoms with Crippen LogP contribution in [0.25, 0.3) is 0 Å². The first-order valence-corrected chi connectivity index (χ1v) is 8.55. The summed E-state index contributed by atoms with van der Waals surface area (Å²) in [6.07, 6.45) is 0. The SMILES string of the molecule is CC(=O)N(CC(=O)Nc1ccc(Cl)cc1Cl)c1c(C)cc(C)cc1C. The third kappa shape index (κ3) is 4.74. The molecule has 6 heteroatoms. The van der Waals surface area contributed by atoms with Gasteiger partial charge in [0.15, 0.2) is 0 Å². The first kappa shape index (κ1) is 19.3. The molecule has 132 valence electrons. The highest BCUT2D eigenvalue weighted by atomic mass is 35.5. The molecule has 0 heterocycles. The molecule has 0 aliphatic carbocycles. The summed E-state index contributed by atoms with van der Waals surface area (Å²) in [7, 11) is 0. The number of aryl methyl sites for hydroxylation is 3. The Morgan fingerprint density at radius 2 is 1.64 bits per heavy atom. The molecule has 0 aromatic heterocycles. The monoisotopic (exact) mass is 378 g/mol. The highest BCUT2D eigenvalue weighted by molar-refractivity contribution is 6.36. The first-order valence-electron chi connectivity index (χ1n) is 7.80. The van der Waals surface area contributed by atoms with Gasteiger partial charge in [-0.15, -0.1) is 0 Å². The highest BCUT2D eigenvalue weighted by Gasteiger charge is 2.20. The van der Waals surface area contributed by atoms with E-state index in [4.69, 9.17) is 23.2 Å². The van der Waals surface area contributed by atoms with E-state index in [1.165, 1.54) is 11.8 Å². The molecule has 4 nitrogen and oxygen atoms in total. The zero-order valence-electron chi connectivity index (χ0n) is 14.6. The largest absolute Gasteiger partial charge is 0.323 e. The Bertz CT molecular complexity index is 811. The van der Waals surface area contributed by atoms with E-state index >= 15 is 0 Å². The van der Waals surface area contributed by atoms with Crippen molar-refractivity contribution in [1.29, 1.82) is 0 Å². The quantitative estimate of drug-likeness (QED) is 0.821. The zero-order chi connectivity index (χ0) is 18.7. The number of carbonyl (C=O) groups excluding carboxylic acids is 2. The molecule has 0 fully saturated rings. The molecular weight excluding hydrogens is 359 g/mol. The minimum absolute atomic E-state index is 0.0982. The van der Waals surface area contributed by atoms with Gasteiger partial charge < -0.3 is 10.2 Å². The summed E-state index contributed by atoms with van der Waals surface area (Å²) in [5.41, 5.74) is 4.22. The van der Waals surface area contributed by atoms with Gasteiger partial charge in [-0.25, -0.2) is 0 Å². The Hall–Kier alpha value is -2.04. The van der Waals surface area contributed by atoms with Crippen molar-refractivity contribution in [3.63, 3.8) is 0 Å². The van der Waals surface area contributed by atoms with Gasteiger partial charge in [-0.05, 0) is 50.1 Å². The summed E-state index contributed by atoms with van der Waals surface area (Å²) < 4.78 is 0. The number of nitrogens with zero attached hydrogens (tertiary/aromatic N) is 1. The van der Waals surface area contributed by atoms with Crippen molar-refractivity contribution in [2.45, 2.75) is 27.7 Å². The van der Waals surface area contributed by atoms with Gasteiger partial charge in [0.05, 0.1) is 16.4 Å². The molecule has 2 aromatic rings. The van der Waals surface area contributed by atoms with E-state index < -0.39 is 0 Å². The number of rotatable bonds is 4. The summed E-state index contributed by atoms with van der Waals surface area (Å²) in [5.74, 6) is -0.536. The fraction of sp³-hybridized carbons (Fsp3) is 0.263. The first-order chi connectivity index (χ1) is 11.7. The summed E-state index contributed by atoms with van der Waals surface area (Å²) >= 11 is 11.9. The van der Waals surface area contributed by atoms with Gasteiger partial charge in [-0.3, -0.25) is 9.59 Å². The smallest absolute Gasteiger partial charge is 0.244 e. The Balaban J connectivity index is 2.25. The Labute approximate surface area is 157 Å². The van der Waals surface area contributed by atoms with Crippen molar-refractivity contribution in [2.75, 3.05) is 16.8 Å². The molecule has 2 aromatic carbocycles. The normalized spacial score (nSPS) is 10.5. The topological polar surface area (TPSA) is 49.4 Å². The number of halogens is 2. The second-order valence-corrected chi connectivity index (χ2v) is 6.87. The molecule has 0 bridgehead atoms. The van der Waals surface area contributed by atoms with Crippen LogP contribution in [0.15, 0.2) is 30.3 Å². The predicted octanol–water partition coefficient (Wildman–Crippen LogP) is 4.91. The van der Waals surface area contributed by atoms with Crippen molar-refractivity contribution in [1.82, 2.24) is 0 Å². The lowest BCUT2D eigenvalue weighted by Gasteiger charge is -2.25. The van der Waals surface area contributed by atoms with Crippen molar-refractivity contribution in [3.05, 3.63) is 57.1 Å². The van der Waals surface area contributed by atoms with Gasteiger partial charge in [-0.2, -0.15) is 0 Å². The van der Waals surface area contributed by atoms with E-state index in [1.54, 1.807) is 18.2 Å². The van der Waals surface area contributed by atoms with Crippen LogP contribution in [0.2, 0.25) is 10.0 Å². The third-order valence-corrected chi connectivity index (χ3v) is 4.34. The van der Waals surface area contributed by atoms with Crippen LogP contribution >= 0.6 is 23.2 Å². The van der Waals surface area contributed by atoms with Crippen LogP contribution in [-0.2, 0) is 9.59 Å². The van der Waals surface area contributed by atoms with Gasteiger partial charge in [0.1, 0.15) is 6.54 Å². The van der Waals surface area contributed by atoms with Gasteiger partial charge >= 0.3 is 0 Å². The fourth-order valence-corrected chi connectivity index (χ4v) is 3.33. The number of carbonyl (C=O) groups is 2. The maximum Gasteiger partial charge on any atom is 0.244 e. The summed E-state index contributed by atoms with van der Waals surface area (Å²) in [6, 6.07) is 8.80. The maximum atomic E-state index is 12.4. The number of nitrogens with one attached hydrogen (secondary N) is 1. The van der Waals surface area contributed by atoms with Crippen LogP contribution in [0.3, 0.4) is 0 Å². The van der Waals surface area contributed by atoms with E-state index in [2.05, 4.69) is 5.32 Å². The molecule has 0 atom stereocenters. The third-order valence-electron chi connectivity index (χ3n) is 3.79. The van der Waals surface area contributed by atoms with Crippen molar-refractivity contribution in [3.8, 4) is 0 Å². The minimum atomic E-state index is -0.334. The lowest BCUT2D eigenvalue weighted by molar-refractivity contribution is -0.120. The number of amides is 2. The summed E-state index contributed by atoms with van der Waals surface area (Å²) in [5, 5.41) is 3.55. The molecule has 0 radical (unpaired) electrons. The molecule has 0 aliphatic rings. The Morgan fingerprint density at radius 1 is 1.04 bits per heavy atom. The summed E-state index contributed by atoms with van der Waals surface area (Å²) in [6.45, 7) is 7.20. The lowest BCUT2D eigenvalue weighted by atomic mass is 10.0. The van der Waals surface area contributed by atoms with Crippen molar-refractivity contribution < 1.29 is 9.59 Å².